The SMILES string of the molecule is CC.[B]N(CCNC)CNCC(C)CCC. The van der Waals surface area contributed by atoms with E-state index in [1.54, 1.807) is 4.81 Å². The minimum Gasteiger partial charge on any atom is -0.341 e. The van der Waals surface area contributed by atoms with E-state index in [4.69, 9.17) is 7.98 Å². The van der Waals surface area contributed by atoms with Crippen LogP contribution in [-0.4, -0.2) is 46.1 Å². The van der Waals surface area contributed by atoms with Gasteiger partial charge in [0.15, 0.2) is 7.98 Å². The van der Waals surface area contributed by atoms with Gasteiger partial charge < -0.3 is 15.4 Å². The van der Waals surface area contributed by atoms with Gasteiger partial charge in [-0.25, -0.2) is 0 Å². The fourth-order valence-corrected chi connectivity index (χ4v) is 1.38. The second-order valence-electron chi connectivity index (χ2n) is 3.92. The lowest BCUT2D eigenvalue weighted by atomic mass is 10.1. The number of nitrogens with one attached hydrogen (secondary N) is 2. The van der Waals surface area contributed by atoms with E-state index in [1.807, 2.05) is 20.9 Å². The molecule has 0 amide bonds. The summed E-state index contributed by atoms with van der Waals surface area (Å²) in [6.45, 7) is 12.1. The summed E-state index contributed by atoms with van der Waals surface area (Å²) in [4.78, 5) is 1.80. The Morgan fingerprint density at radius 2 is 1.94 bits per heavy atom. The van der Waals surface area contributed by atoms with Crippen molar-refractivity contribution >= 4 is 7.98 Å². The standard InChI is InChI=1S/C10H24BN3.C2H6/c1-4-5-10(2)8-13-9-14(11)7-6-12-3;1-2/h10,12-13H,4-9H2,1-3H3;1-2H3. The average molecular weight is 227 g/mol. The van der Waals surface area contributed by atoms with Gasteiger partial charge in [0.1, 0.15) is 0 Å². The molecule has 1 atom stereocenters. The highest BCUT2D eigenvalue weighted by Crippen LogP contribution is 2.02. The van der Waals surface area contributed by atoms with Crippen LogP contribution in [-0.2, 0) is 0 Å². The Morgan fingerprint density at radius 1 is 1.31 bits per heavy atom. The first-order valence-electron chi connectivity index (χ1n) is 6.55. The predicted molar refractivity (Wildman–Crippen MR) is 74.7 cm³/mol. The molecule has 3 nitrogen and oxygen atoms in total. The first-order chi connectivity index (χ1) is 7.70. The largest absolute Gasteiger partial charge is 0.341 e. The van der Waals surface area contributed by atoms with Crippen molar-refractivity contribution in [3.63, 3.8) is 0 Å². The van der Waals surface area contributed by atoms with E-state index in [1.165, 1.54) is 12.8 Å². The molecule has 0 aromatic heterocycles. The van der Waals surface area contributed by atoms with Crippen LogP contribution in [0.2, 0.25) is 0 Å². The zero-order valence-electron chi connectivity index (χ0n) is 11.8. The monoisotopic (exact) mass is 227 g/mol. The highest BCUT2D eigenvalue weighted by molar-refractivity contribution is 6.04. The van der Waals surface area contributed by atoms with Crippen LogP contribution in [0.1, 0.15) is 40.5 Å². The van der Waals surface area contributed by atoms with Crippen LogP contribution < -0.4 is 10.6 Å². The number of rotatable bonds is 9. The van der Waals surface area contributed by atoms with Gasteiger partial charge in [-0.1, -0.05) is 34.1 Å². The summed E-state index contributed by atoms with van der Waals surface area (Å²) >= 11 is 0. The molecule has 0 saturated heterocycles. The van der Waals surface area contributed by atoms with Gasteiger partial charge in [0.25, 0.3) is 0 Å². The van der Waals surface area contributed by atoms with Crippen molar-refractivity contribution in [2.24, 2.45) is 5.92 Å². The fraction of sp³-hybridized carbons (Fsp3) is 1.00. The number of hydrogen-bond acceptors (Lipinski definition) is 3. The minimum atomic E-state index is 0.748. The van der Waals surface area contributed by atoms with Gasteiger partial charge in [-0.15, -0.1) is 0 Å². The summed E-state index contributed by atoms with van der Waals surface area (Å²) in [7, 11) is 7.69. The molecule has 0 aromatic carbocycles. The highest BCUT2D eigenvalue weighted by Gasteiger charge is 2.00. The third kappa shape index (κ3) is 13.9. The van der Waals surface area contributed by atoms with E-state index in [9.17, 15) is 0 Å². The van der Waals surface area contributed by atoms with Crippen LogP contribution in [0.3, 0.4) is 0 Å². The lowest BCUT2D eigenvalue weighted by molar-refractivity contribution is 0.377. The topological polar surface area (TPSA) is 27.3 Å². The molecule has 0 rings (SSSR count). The van der Waals surface area contributed by atoms with Gasteiger partial charge in [-0.05, 0) is 32.5 Å². The molecule has 0 aliphatic carbocycles. The Kier molecular flexibility index (Phi) is 17.1. The highest BCUT2D eigenvalue weighted by atomic mass is 15.2. The first-order valence-corrected chi connectivity index (χ1v) is 6.55. The zero-order chi connectivity index (χ0) is 12.8. The van der Waals surface area contributed by atoms with Crippen molar-refractivity contribution < 1.29 is 0 Å². The van der Waals surface area contributed by atoms with Crippen molar-refractivity contribution in [1.29, 1.82) is 0 Å². The van der Waals surface area contributed by atoms with Gasteiger partial charge in [0, 0.05) is 13.2 Å². The fourth-order valence-electron chi connectivity index (χ4n) is 1.38. The minimum absolute atomic E-state index is 0.748. The third-order valence-corrected chi connectivity index (χ3v) is 2.24. The maximum Gasteiger partial charge on any atom is 0.184 e. The van der Waals surface area contributed by atoms with Crippen LogP contribution >= 0.6 is 0 Å². The molecular formula is C12H30BN3. The van der Waals surface area contributed by atoms with Gasteiger partial charge in [-0.3, -0.25) is 0 Å². The summed E-state index contributed by atoms with van der Waals surface area (Å²) in [6.07, 6.45) is 2.54. The normalized spacial score (nSPS) is 12.1. The summed E-state index contributed by atoms with van der Waals surface area (Å²) in [5.74, 6) is 0.748. The molecule has 2 N–H and O–H groups in total. The van der Waals surface area contributed by atoms with E-state index in [0.29, 0.717) is 0 Å². The summed E-state index contributed by atoms with van der Waals surface area (Å²) in [5, 5.41) is 6.42. The number of nitrogens with zero attached hydrogens (tertiary/aromatic N) is 1. The number of hydrogen-bond donors (Lipinski definition) is 2. The lowest BCUT2D eigenvalue weighted by Gasteiger charge is -2.19. The van der Waals surface area contributed by atoms with Crippen LogP contribution in [0, 0.1) is 5.92 Å². The predicted octanol–water partition coefficient (Wildman–Crippen LogP) is 1.60. The molecule has 0 aliphatic rings. The van der Waals surface area contributed by atoms with Crippen molar-refractivity contribution in [3.8, 4) is 0 Å². The Balaban J connectivity index is 0. The second-order valence-corrected chi connectivity index (χ2v) is 3.92. The molecule has 4 heteroatoms. The van der Waals surface area contributed by atoms with Crippen LogP contribution in [0.15, 0.2) is 0 Å². The molecule has 1 unspecified atom stereocenters. The quantitative estimate of drug-likeness (QED) is 0.463. The van der Waals surface area contributed by atoms with E-state index in [-0.39, 0.29) is 0 Å². The smallest absolute Gasteiger partial charge is 0.184 e. The Labute approximate surface area is 104 Å². The second kappa shape index (κ2) is 14.9. The summed E-state index contributed by atoms with van der Waals surface area (Å²) in [5.41, 5.74) is 0. The third-order valence-electron chi connectivity index (χ3n) is 2.24. The molecule has 0 fully saturated rings. The molecule has 0 spiro atoms. The van der Waals surface area contributed by atoms with Gasteiger partial charge in [0.05, 0.1) is 0 Å². The molecule has 0 aliphatic heterocycles. The van der Waals surface area contributed by atoms with Crippen molar-refractivity contribution in [3.05, 3.63) is 0 Å². The summed E-state index contributed by atoms with van der Waals surface area (Å²) < 4.78 is 0. The van der Waals surface area contributed by atoms with Crippen molar-refractivity contribution in [2.45, 2.75) is 40.5 Å². The van der Waals surface area contributed by atoms with E-state index >= 15 is 0 Å². The Hall–Kier alpha value is -0.0551. The van der Waals surface area contributed by atoms with Gasteiger partial charge >= 0.3 is 0 Å². The molecule has 0 heterocycles. The molecular weight excluding hydrogens is 197 g/mol. The number of likely N-dealkylation sites (N-methyl/N-ethyl adjacent to an activating group) is 1. The average Bonchev–Trinajstić information content (AvgIpc) is 2.29. The summed E-state index contributed by atoms with van der Waals surface area (Å²) in [6, 6.07) is 0. The van der Waals surface area contributed by atoms with Crippen LogP contribution in [0.25, 0.3) is 0 Å². The van der Waals surface area contributed by atoms with Crippen LogP contribution in [0.5, 0.6) is 0 Å². The molecule has 2 radical (unpaired) electrons. The Morgan fingerprint density at radius 3 is 2.44 bits per heavy atom. The maximum atomic E-state index is 5.75. The van der Waals surface area contributed by atoms with Crippen molar-refractivity contribution in [1.82, 2.24) is 15.4 Å². The molecule has 96 valence electrons. The Bertz CT molecular complexity index is 123. The molecule has 0 aromatic rings. The molecule has 0 saturated carbocycles. The van der Waals surface area contributed by atoms with Crippen molar-refractivity contribution in [2.75, 3.05) is 33.4 Å². The van der Waals surface area contributed by atoms with E-state index in [2.05, 4.69) is 24.5 Å². The van der Waals surface area contributed by atoms with E-state index in [0.717, 1.165) is 32.2 Å². The first kappa shape index (κ1) is 18.3. The lowest BCUT2D eigenvalue weighted by Crippen LogP contribution is -2.37. The molecule has 0 bridgehead atoms. The zero-order valence-corrected chi connectivity index (χ0v) is 11.8. The van der Waals surface area contributed by atoms with Crippen LogP contribution in [0.4, 0.5) is 0 Å². The van der Waals surface area contributed by atoms with E-state index < -0.39 is 0 Å². The molecule has 16 heavy (non-hydrogen) atoms. The van der Waals surface area contributed by atoms with Gasteiger partial charge in [-0.2, -0.15) is 0 Å². The van der Waals surface area contributed by atoms with Gasteiger partial charge in [0.2, 0.25) is 0 Å². The maximum absolute atomic E-state index is 5.75.